The molecule has 1 aromatic heterocycles. The van der Waals surface area contributed by atoms with Gasteiger partial charge in [0.15, 0.2) is 0 Å². The third-order valence-electron chi connectivity index (χ3n) is 3.34. The summed E-state index contributed by atoms with van der Waals surface area (Å²) in [7, 11) is 1.33. The Labute approximate surface area is 127 Å². The minimum atomic E-state index is -0.922. The third-order valence-corrected chi connectivity index (χ3v) is 3.34. The van der Waals surface area contributed by atoms with Gasteiger partial charge in [-0.05, 0) is 25.0 Å². The molecule has 5 heteroatoms. The van der Waals surface area contributed by atoms with Gasteiger partial charge in [-0.3, -0.25) is 4.79 Å². The lowest BCUT2D eigenvalue weighted by Crippen LogP contribution is -2.54. The van der Waals surface area contributed by atoms with Crippen LogP contribution in [0.4, 0.5) is 0 Å². The molecule has 0 radical (unpaired) electrons. The van der Waals surface area contributed by atoms with Crippen LogP contribution in [0, 0.1) is 0 Å². The van der Waals surface area contributed by atoms with E-state index in [-0.39, 0.29) is 12.3 Å². The van der Waals surface area contributed by atoms with Crippen LogP contribution in [0.5, 0.6) is 0 Å². The van der Waals surface area contributed by atoms with Crippen molar-refractivity contribution in [2.24, 2.45) is 0 Å². The number of ether oxygens (including phenoxy) is 1. The number of nitrogens with one attached hydrogen (secondary N) is 1. The highest BCUT2D eigenvalue weighted by Gasteiger charge is 2.37. The maximum absolute atomic E-state index is 11.9. The molecule has 0 aromatic carbocycles. The van der Waals surface area contributed by atoms with Crippen LogP contribution in [0.1, 0.15) is 52.7 Å². The molecule has 5 nitrogen and oxygen atoms in total. The van der Waals surface area contributed by atoms with Gasteiger partial charge in [0.05, 0.1) is 13.4 Å². The first-order valence-corrected chi connectivity index (χ1v) is 7.49. The van der Waals surface area contributed by atoms with E-state index in [0.29, 0.717) is 19.3 Å². The van der Waals surface area contributed by atoms with Crippen LogP contribution in [-0.4, -0.2) is 24.5 Å². The first-order valence-electron chi connectivity index (χ1n) is 7.49. The molecule has 0 atom stereocenters. The van der Waals surface area contributed by atoms with Crippen molar-refractivity contribution in [1.29, 1.82) is 0 Å². The predicted octanol–water partition coefficient (Wildman–Crippen LogP) is 3.09. The Morgan fingerprint density at radius 1 is 1.29 bits per heavy atom. The summed E-state index contributed by atoms with van der Waals surface area (Å²) in [6.07, 6.45) is 3.38. The Bertz CT molecular complexity index is 408. The van der Waals surface area contributed by atoms with Gasteiger partial charge in [0, 0.05) is 12.8 Å². The number of amides is 1. The number of furan rings is 1. The van der Waals surface area contributed by atoms with Crippen molar-refractivity contribution in [3.8, 4) is 0 Å². The second-order valence-electron chi connectivity index (χ2n) is 4.41. The Balaban J connectivity index is 0.00000191. The van der Waals surface area contributed by atoms with Crippen LogP contribution in [0.3, 0.4) is 0 Å². The van der Waals surface area contributed by atoms with E-state index in [4.69, 9.17) is 9.15 Å². The molecule has 1 N–H and O–H groups in total. The van der Waals surface area contributed by atoms with Gasteiger partial charge in [-0.2, -0.15) is 0 Å². The topological polar surface area (TPSA) is 68.5 Å². The number of hydrogen-bond donors (Lipinski definition) is 1. The van der Waals surface area contributed by atoms with Crippen molar-refractivity contribution >= 4 is 11.9 Å². The highest BCUT2D eigenvalue weighted by Crippen LogP contribution is 2.17. The first kappa shape index (κ1) is 19.2. The number of carbonyl (C=O) groups is 2. The van der Waals surface area contributed by atoms with Gasteiger partial charge in [0.1, 0.15) is 11.3 Å². The van der Waals surface area contributed by atoms with E-state index in [1.54, 1.807) is 12.3 Å². The van der Waals surface area contributed by atoms with E-state index in [0.717, 1.165) is 5.76 Å². The summed E-state index contributed by atoms with van der Waals surface area (Å²) in [6, 6.07) is 3.60. The second-order valence-corrected chi connectivity index (χ2v) is 4.41. The summed E-state index contributed by atoms with van der Waals surface area (Å²) in [5.74, 6) is 0.182. The fourth-order valence-corrected chi connectivity index (χ4v) is 1.98. The molecule has 120 valence electrons. The monoisotopic (exact) mass is 297 g/mol. The van der Waals surface area contributed by atoms with E-state index in [1.165, 1.54) is 7.11 Å². The van der Waals surface area contributed by atoms with Gasteiger partial charge in [-0.1, -0.05) is 27.7 Å². The second kappa shape index (κ2) is 10.0. The molecule has 0 spiro atoms. The molecule has 1 amide bonds. The molecule has 1 heterocycles. The lowest BCUT2D eigenvalue weighted by Gasteiger charge is -2.29. The normalized spacial score (nSPS) is 10.3. The fourth-order valence-electron chi connectivity index (χ4n) is 1.98. The molecule has 1 aromatic rings. The number of hydrogen-bond acceptors (Lipinski definition) is 4. The molecule has 0 aliphatic carbocycles. The van der Waals surface area contributed by atoms with Crippen LogP contribution < -0.4 is 5.32 Å². The van der Waals surface area contributed by atoms with E-state index < -0.39 is 11.5 Å². The zero-order valence-electron chi connectivity index (χ0n) is 13.7. The highest BCUT2D eigenvalue weighted by atomic mass is 16.5. The smallest absolute Gasteiger partial charge is 0.331 e. The van der Waals surface area contributed by atoms with Gasteiger partial charge >= 0.3 is 5.97 Å². The first-order chi connectivity index (χ1) is 10.1. The Morgan fingerprint density at radius 3 is 2.33 bits per heavy atom. The van der Waals surface area contributed by atoms with E-state index in [9.17, 15) is 9.59 Å². The zero-order valence-corrected chi connectivity index (χ0v) is 13.7. The summed E-state index contributed by atoms with van der Waals surface area (Å²) in [4.78, 5) is 23.7. The summed E-state index contributed by atoms with van der Waals surface area (Å²) in [5.41, 5.74) is -0.922. The Hall–Kier alpha value is -1.78. The van der Waals surface area contributed by atoms with Crippen molar-refractivity contribution in [1.82, 2.24) is 5.32 Å². The molecular formula is C16H27NO4. The third kappa shape index (κ3) is 5.61. The van der Waals surface area contributed by atoms with E-state index in [2.05, 4.69) is 5.32 Å². The molecule has 0 unspecified atom stereocenters. The molecule has 0 aliphatic rings. The van der Waals surface area contributed by atoms with Gasteiger partial charge < -0.3 is 14.5 Å². The average molecular weight is 297 g/mol. The predicted molar refractivity (Wildman–Crippen MR) is 81.8 cm³/mol. The Kier molecular flexibility index (Phi) is 9.17. The molecule has 0 bridgehead atoms. The molecule has 0 fully saturated rings. The highest BCUT2D eigenvalue weighted by molar-refractivity contribution is 5.88. The molecule has 0 aliphatic heterocycles. The zero-order chi connectivity index (χ0) is 16.3. The quantitative estimate of drug-likeness (QED) is 0.785. The number of aryl methyl sites for hydroxylation is 1. The molecule has 1 rings (SSSR count). The minimum Gasteiger partial charge on any atom is -0.469 e. The summed E-state index contributed by atoms with van der Waals surface area (Å²) in [6.45, 7) is 7.71. The maximum Gasteiger partial charge on any atom is 0.331 e. The van der Waals surface area contributed by atoms with Crippen LogP contribution in [0.2, 0.25) is 0 Å². The number of rotatable bonds is 7. The van der Waals surface area contributed by atoms with Gasteiger partial charge in [0.2, 0.25) is 5.91 Å². The van der Waals surface area contributed by atoms with Crippen molar-refractivity contribution < 1.29 is 18.7 Å². The van der Waals surface area contributed by atoms with Crippen LogP contribution >= 0.6 is 0 Å². The summed E-state index contributed by atoms with van der Waals surface area (Å²) >= 11 is 0. The molecule has 0 saturated heterocycles. The van der Waals surface area contributed by atoms with Crippen LogP contribution in [0.15, 0.2) is 22.8 Å². The SMILES string of the molecule is CC.CCC(CC)(NC(=O)CCc1ccco1)C(=O)OC. The number of carbonyl (C=O) groups excluding carboxylic acids is 2. The van der Waals surface area contributed by atoms with Crippen molar-refractivity contribution in [2.45, 2.75) is 58.9 Å². The minimum absolute atomic E-state index is 0.175. The summed E-state index contributed by atoms with van der Waals surface area (Å²) < 4.78 is 9.94. The Morgan fingerprint density at radius 2 is 1.90 bits per heavy atom. The van der Waals surface area contributed by atoms with Gasteiger partial charge in [-0.25, -0.2) is 4.79 Å². The maximum atomic E-state index is 11.9. The lowest BCUT2D eigenvalue weighted by atomic mass is 9.92. The standard InChI is InChI=1S/C14H21NO4.C2H6/c1-4-14(5-2,13(17)18-3)15-12(16)9-8-11-7-6-10-19-11;1-2/h6-7,10H,4-5,8-9H2,1-3H3,(H,15,16);1-2H3. The van der Waals surface area contributed by atoms with E-state index in [1.807, 2.05) is 33.8 Å². The average Bonchev–Trinajstić information content (AvgIpc) is 3.05. The van der Waals surface area contributed by atoms with Crippen molar-refractivity contribution in [3.63, 3.8) is 0 Å². The number of esters is 1. The number of methoxy groups -OCH3 is 1. The fraction of sp³-hybridized carbons (Fsp3) is 0.625. The van der Waals surface area contributed by atoms with Crippen LogP contribution in [0.25, 0.3) is 0 Å². The molecular weight excluding hydrogens is 270 g/mol. The largest absolute Gasteiger partial charge is 0.469 e. The molecule has 0 saturated carbocycles. The van der Waals surface area contributed by atoms with Gasteiger partial charge in [-0.15, -0.1) is 0 Å². The lowest BCUT2D eigenvalue weighted by molar-refractivity contribution is -0.151. The van der Waals surface area contributed by atoms with Crippen molar-refractivity contribution in [2.75, 3.05) is 7.11 Å². The van der Waals surface area contributed by atoms with Crippen LogP contribution in [-0.2, 0) is 20.7 Å². The van der Waals surface area contributed by atoms with E-state index >= 15 is 0 Å². The summed E-state index contributed by atoms with van der Waals surface area (Å²) in [5, 5.41) is 2.79. The van der Waals surface area contributed by atoms with Gasteiger partial charge in [0.25, 0.3) is 0 Å². The van der Waals surface area contributed by atoms with Crippen molar-refractivity contribution in [3.05, 3.63) is 24.2 Å². The molecule has 21 heavy (non-hydrogen) atoms.